The van der Waals surface area contributed by atoms with Crippen LogP contribution in [0.4, 0.5) is 26.3 Å². The molecule has 2 nitrogen and oxygen atoms in total. The van der Waals surface area contributed by atoms with Gasteiger partial charge in [-0.2, -0.15) is 36.9 Å². The van der Waals surface area contributed by atoms with Crippen molar-refractivity contribution in [3.8, 4) is 12.1 Å². The van der Waals surface area contributed by atoms with Crippen molar-refractivity contribution < 1.29 is 26.3 Å². The monoisotopic (exact) mass is 436 g/mol. The first-order valence-corrected chi connectivity index (χ1v) is 10.7. The second-order valence-electron chi connectivity index (χ2n) is 8.16. The van der Waals surface area contributed by atoms with E-state index in [1.54, 1.807) is 0 Å². The molecule has 2 rings (SSSR count). The number of alkyl halides is 6. The highest BCUT2D eigenvalue weighted by atomic mass is 19.4. The van der Waals surface area contributed by atoms with Gasteiger partial charge in [0.25, 0.3) is 0 Å². The van der Waals surface area contributed by atoms with Crippen molar-refractivity contribution in [2.24, 2.45) is 11.8 Å². The van der Waals surface area contributed by atoms with Gasteiger partial charge < -0.3 is 0 Å². The van der Waals surface area contributed by atoms with E-state index in [9.17, 15) is 26.3 Å². The van der Waals surface area contributed by atoms with E-state index in [0.717, 1.165) is 56.9 Å². The van der Waals surface area contributed by atoms with Gasteiger partial charge in [0.2, 0.25) is 0 Å². The molecule has 2 aliphatic rings. The van der Waals surface area contributed by atoms with Crippen molar-refractivity contribution in [2.75, 3.05) is 0 Å². The molecule has 0 aromatic carbocycles. The lowest BCUT2D eigenvalue weighted by Gasteiger charge is -2.16. The molecule has 0 spiro atoms. The molecular formula is C22H30F6N2. The molecule has 2 aliphatic carbocycles. The van der Waals surface area contributed by atoms with Crippen LogP contribution in [-0.4, -0.2) is 12.4 Å². The van der Waals surface area contributed by atoms with Crippen LogP contribution in [0.15, 0.2) is 11.1 Å². The molecule has 2 saturated carbocycles. The number of hydrogen-bond donors (Lipinski definition) is 0. The summed E-state index contributed by atoms with van der Waals surface area (Å²) < 4.78 is 71.4. The zero-order valence-electron chi connectivity index (χ0n) is 17.2. The van der Waals surface area contributed by atoms with Crippen LogP contribution in [0, 0.1) is 34.5 Å². The number of halogens is 6. The van der Waals surface area contributed by atoms with E-state index in [1.165, 1.54) is 0 Å². The molecule has 30 heavy (non-hydrogen) atoms. The molecule has 2 fully saturated rings. The molecule has 0 aliphatic heterocycles. The Morgan fingerprint density at radius 3 is 1.87 bits per heavy atom. The molecular weight excluding hydrogens is 406 g/mol. The summed E-state index contributed by atoms with van der Waals surface area (Å²) >= 11 is 0. The van der Waals surface area contributed by atoms with E-state index in [-0.39, 0.29) is 25.2 Å². The Balaban J connectivity index is 0.000000300. The van der Waals surface area contributed by atoms with Crippen molar-refractivity contribution >= 4 is 0 Å². The molecule has 0 heterocycles. The largest absolute Gasteiger partial charge is 0.389 e. The molecule has 170 valence electrons. The molecule has 0 aromatic rings. The first kappa shape index (κ1) is 26.3. The molecule has 0 amide bonds. The summed E-state index contributed by atoms with van der Waals surface area (Å²) in [6.07, 6.45) is -0.664. The highest BCUT2D eigenvalue weighted by molar-refractivity contribution is 5.29. The van der Waals surface area contributed by atoms with Gasteiger partial charge >= 0.3 is 12.4 Å². The summed E-state index contributed by atoms with van der Waals surface area (Å²) in [5, 5.41) is 17.7. The van der Waals surface area contributed by atoms with Gasteiger partial charge in [0.05, 0.1) is 12.1 Å². The van der Waals surface area contributed by atoms with E-state index >= 15 is 0 Å². The summed E-state index contributed by atoms with van der Waals surface area (Å²) in [5.74, 6) is 0.193. The average Bonchev–Trinajstić information content (AvgIpc) is 3.35. The van der Waals surface area contributed by atoms with E-state index in [1.807, 2.05) is 6.07 Å². The minimum Gasteiger partial charge on any atom is -0.198 e. The molecule has 0 saturated heterocycles. The molecule has 1 unspecified atom stereocenters. The van der Waals surface area contributed by atoms with E-state index in [2.05, 4.69) is 6.07 Å². The number of nitriles is 2. The Morgan fingerprint density at radius 1 is 0.867 bits per heavy atom. The molecule has 8 heteroatoms. The van der Waals surface area contributed by atoms with Crippen LogP contribution >= 0.6 is 0 Å². The van der Waals surface area contributed by atoms with Crippen molar-refractivity contribution in [3.05, 3.63) is 11.1 Å². The third kappa shape index (κ3) is 11.5. The average molecular weight is 436 g/mol. The molecule has 0 aromatic heterocycles. The number of nitrogens with zero attached hydrogens (tertiary/aromatic N) is 2. The maximum atomic E-state index is 11.9. The minimum absolute atomic E-state index is 0.0376. The van der Waals surface area contributed by atoms with Crippen molar-refractivity contribution in [3.63, 3.8) is 0 Å². The third-order valence-corrected chi connectivity index (χ3v) is 5.77. The number of allylic oxidation sites excluding steroid dienone is 2. The Bertz CT molecular complexity index is 607. The van der Waals surface area contributed by atoms with Gasteiger partial charge in [0, 0.05) is 24.3 Å². The highest BCUT2D eigenvalue weighted by Gasteiger charge is 2.29. The van der Waals surface area contributed by atoms with Crippen LogP contribution in [0.25, 0.3) is 0 Å². The van der Waals surface area contributed by atoms with Gasteiger partial charge in [-0.05, 0) is 70.1 Å². The van der Waals surface area contributed by atoms with E-state index < -0.39 is 25.2 Å². The number of rotatable bonds is 7. The predicted octanol–water partition coefficient (Wildman–Crippen LogP) is 8.16. The first-order valence-electron chi connectivity index (χ1n) is 10.7. The van der Waals surface area contributed by atoms with Gasteiger partial charge in [-0.15, -0.1) is 0 Å². The van der Waals surface area contributed by atoms with Crippen LogP contribution in [0.2, 0.25) is 0 Å². The number of hydrogen-bond acceptors (Lipinski definition) is 2. The van der Waals surface area contributed by atoms with Crippen LogP contribution in [0.1, 0.15) is 89.9 Å². The van der Waals surface area contributed by atoms with Crippen molar-refractivity contribution in [2.45, 2.75) is 102 Å². The summed E-state index contributed by atoms with van der Waals surface area (Å²) in [4.78, 5) is 0. The first-order chi connectivity index (χ1) is 14.1. The zero-order chi connectivity index (χ0) is 22.6. The lowest BCUT2D eigenvalue weighted by atomic mass is 9.88. The van der Waals surface area contributed by atoms with Crippen LogP contribution in [0.5, 0.6) is 0 Å². The fourth-order valence-corrected chi connectivity index (χ4v) is 4.17. The molecule has 0 radical (unpaired) electrons. The molecule has 0 bridgehead atoms. The lowest BCUT2D eigenvalue weighted by Crippen LogP contribution is -2.12. The topological polar surface area (TPSA) is 47.6 Å². The standard InChI is InChI=1S/C11H16F3N.C11H14F3N/c2*12-11(13,14)7-3-6-10(8-15)9-4-1-2-5-9/h9-10H,1-7H2;1-7H2. The maximum Gasteiger partial charge on any atom is 0.389 e. The van der Waals surface area contributed by atoms with Gasteiger partial charge in [-0.25, -0.2) is 0 Å². The highest BCUT2D eigenvalue weighted by Crippen LogP contribution is 2.35. The quantitative estimate of drug-likeness (QED) is 0.298. The van der Waals surface area contributed by atoms with E-state index in [0.29, 0.717) is 17.9 Å². The van der Waals surface area contributed by atoms with Crippen molar-refractivity contribution in [1.82, 2.24) is 0 Å². The Morgan fingerprint density at radius 2 is 1.40 bits per heavy atom. The maximum absolute atomic E-state index is 11.9. The third-order valence-electron chi connectivity index (χ3n) is 5.77. The Kier molecular flexibility index (Phi) is 11.3. The van der Waals surface area contributed by atoms with Gasteiger partial charge in [0.1, 0.15) is 0 Å². The SMILES string of the molecule is N#CC(CCCC(F)(F)F)=C1CCCC1.N#CC(CCCC(F)(F)F)C1CCCC1. The molecule has 0 N–H and O–H groups in total. The minimum atomic E-state index is -4.10. The van der Waals surface area contributed by atoms with Crippen LogP contribution in [0.3, 0.4) is 0 Å². The smallest absolute Gasteiger partial charge is 0.198 e. The summed E-state index contributed by atoms with van der Waals surface area (Å²) in [6.45, 7) is 0. The van der Waals surface area contributed by atoms with Crippen LogP contribution < -0.4 is 0 Å². The second-order valence-corrected chi connectivity index (χ2v) is 8.16. The van der Waals surface area contributed by atoms with Crippen LogP contribution in [-0.2, 0) is 0 Å². The predicted molar refractivity (Wildman–Crippen MR) is 102 cm³/mol. The molecule has 1 atom stereocenters. The van der Waals surface area contributed by atoms with E-state index in [4.69, 9.17) is 10.5 Å². The summed E-state index contributed by atoms with van der Waals surface area (Å²) in [7, 11) is 0. The Hall–Kier alpha value is -1.70. The Labute approximate surface area is 174 Å². The van der Waals surface area contributed by atoms with Gasteiger partial charge in [-0.1, -0.05) is 18.4 Å². The summed E-state index contributed by atoms with van der Waals surface area (Å²) in [6, 6.07) is 4.21. The van der Waals surface area contributed by atoms with Crippen molar-refractivity contribution in [1.29, 1.82) is 10.5 Å². The van der Waals surface area contributed by atoms with Gasteiger partial charge in [0.15, 0.2) is 0 Å². The summed E-state index contributed by atoms with van der Waals surface area (Å²) in [5.41, 5.74) is 1.68. The lowest BCUT2D eigenvalue weighted by molar-refractivity contribution is -0.136. The zero-order valence-corrected chi connectivity index (χ0v) is 17.2. The normalized spacial score (nSPS) is 18.3. The fraction of sp³-hybridized carbons (Fsp3) is 0.818. The fourth-order valence-electron chi connectivity index (χ4n) is 4.17. The van der Waals surface area contributed by atoms with Gasteiger partial charge in [-0.3, -0.25) is 0 Å². The second kappa shape index (κ2) is 12.9.